The van der Waals surface area contributed by atoms with Crippen LogP contribution in [0.3, 0.4) is 0 Å². The van der Waals surface area contributed by atoms with Gasteiger partial charge in [0.05, 0.1) is 6.10 Å². The standard InChI is InChI=1S/C12H17BrN2O/c1-12(2)10(4-11(12)16)15-6-8-3-9(13)7-14-5-8/h3,5,7,10-11,15-16H,4,6H2,1-2H3. The van der Waals surface area contributed by atoms with Gasteiger partial charge in [-0.25, -0.2) is 0 Å². The fourth-order valence-electron chi connectivity index (χ4n) is 2.04. The first-order valence-electron chi connectivity index (χ1n) is 5.51. The van der Waals surface area contributed by atoms with E-state index in [4.69, 9.17) is 0 Å². The summed E-state index contributed by atoms with van der Waals surface area (Å²) in [6.07, 6.45) is 4.31. The predicted molar refractivity (Wildman–Crippen MR) is 67.0 cm³/mol. The molecule has 16 heavy (non-hydrogen) atoms. The Hall–Kier alpha value is -0.450. The highest BCUT2D eigenvalue weighted by Gasteiger charge is 2.46. The van der Waals surface area contributed by atoms with Gasteiger partial charge in [0.1, 0.15) is 0 Å². The molecule has 0 spiro atoms. The summed E-state index contributed by atoms with van der Waals surface area (Å²) in [6, 6.07) is 2.45. The van der Waals surface area contributed by atoms with E-state index in [1.807, 2.05) is 6.20 Å². The molecule has 3 nitrogen and oxygen atoms in total. The molecule has 2 atom stereocenters. The van der Waals surface area contributed by atoms with Gasteiger partial charge in [-0.05, 0) is 34.0 Å². The summed E-state index contributed by atoms with van der Waals surface area (Å²) < 4.78 is 1.000. The highest BCUT2D eigenvalue weighted by Crippen LogP contribution is 2.40. The summed E-state index contributed by atoms with van der Waals surface area (Å²) in [4.78, 5) is 4.12. The fraction of sp³-hybridized carbons (Fsp3) is 0.583. The molecule has 1 aromatic heterocycles. The lowest BCUT2D eigenvalue weighted by Gasteiger charge is -2.49. The van der Waals surface area contributed by atoms with Crippen molar-refractivity contribution in [1.29, 1.82) is 0 Å². The highest BCUT2D eigenvalue weighted by molar-refractivity contribution is 9.10. The van der Waals surface area contributed by atoms with Gasteiger partial charge >= 0.3 is 0 Å². The maximum atomic E-state index is 9.63. The minimum absolute atomic E-state index is 0.0144. The van der Waals surface area contributed by atoms with Crippen molar-refractivity contribution in [1.82, 2.24) is 10.3 Å². The summed E-state index contributed by atoms with van der Waals surface area (Å²) in [7, 11) is 0. The molecule has 0 saturated heterocycles. The van der Waals surface area contributed by atoms with E-state index in [-0.39, 0.29) is 11.5 Å². The van der Waals surface area contributed by atoms with Gasteiger partial charge in [0, 0.05) is 34.9 Å². The van der Waals surface area contributed by atoms with Gasteiger partial charge in [-0.15, -0.1) is 0 Å². The molecule has 0 aliphatic heterocycles. The van der Waals surface area contributed by atoms with Crippen LogP contribution >= 0.6 is 15.9 Å². The van der Waals surface area contributed by atoms with Gasteiger partial charge in [0.2, 0.25) is 0 Å². The molecule has 88 valence electrons. The van der Waals surface area contributed by atoms with Crippen LogP contribution in [0.4, 0.5) is 0 Å². The average molecular weight is 285 g/mol. The predicted octanol–water partition coefficient (Wildman–Crippen LogP) is 2.09. The molecule has 1 aliphatic carbocycles. The van der Waals surface area contributed by atoms with Crippen LogP contribution in [-0.4, -0.2) is 22.2 Å². The van der Waals surface area contributed by atoms with Crippen molar-refractivity contribution in [2.45, 2.75) is 39.0 Å². The number of aliphatic hydroxyl groups excluding tert-OH is 1. The molecule has 2 rings (SSSR count). The van der Waals surface area contributed by atoms with Crippen molar-refractivity contribution < 1.29 is 5.11 Å². The summed E-state index contributed by atoms with van der Waals surface area (Å²) in [5.74, 6) is 0. The number of nitrogens with zero attached hydrogens (tertiary/aromatic N) is 1. The second kappa shape index (κ2) is 4.43. The number of halogens is 1. The third-order valence-corrected chi connectivity index (χ3v) is 3.96. The molecule has 1 heterocycles. The molecule has 4 heteroatoms. The fourth-order valence-corrected chi connectivity index (χ4v) is 2.45. The zero-order valence-corrected chi connectivity index (χ0v) is 11.2. The topological polar surface area (TPSA) is 45.1 Å². The van der Waals surface area contributed by atoms with E-state index in [1.54, 1.807) is 6.20 Å². The lowest BCUT2D eigenvalue weighted by Crippen LogP contribution is -2.59. The molecule has 1 aliphatic rings. The van der Waals surface area contributed by atoms with Crippen molar-refractivity contribution >= 4 is 15.9 Å². The highest BCUT2D eigenvalue weighted by atomic mass is 79.9. The lowest BCUT2D eigenvalue weighted by atomic mass is 9.64. The van der Waals surface area contributed by atoms with Crippen LogP contribution in [0.15, 0.2) is 22.9 Å². The van der Waals surface area contributed by atoms with Crippen LogP contribution in [0.25, 0.3) is 0 Å². The van der Waals surface area contributed by atoms with E-state index >= 15 is 0 Å². The number of nitrogens with one attached hydrogen (secondary N) is 1. The maximum Gasteiger partial charge on any atom is 0.0621 e. The van der Waals surface area contributed by atoms with E-state index in [9.17, 15) is 5.11 Å². The summed E-state index contributed by atoms with van der Waals surface area (Å²) in [5.41, 5.74) is 1.14. The van der Waals surface area contributed by atoms with E-state index in [0.717, 1.165) is 23.0 Å². The second-order valence-corrected chi connectivity index (χ2v) is 5.93. The molecular formula is C12H17BrN2O. The Bertz CT molecular complexity index is 381. The number of rotatable bonds is 3. The maximum absolute atomic E-state index is 9.63. The molecule has 1 aromatic rings. The van der Waals surface area contributed by atoms with Gasteiger partial charge in [-0.2, -0.15) is 0 Å². The molecule has 1 fully saturated rings. The number of hydrogen-bond acceptors (Lipinski definition) is 3. The van der Waals surface area contributed by atoms with Crippen LogP contribution in [0, 0.1) is 5.41 Å². The van der Waals surface area contributed by atoms with E-state index in [0.29, 0.717) is 6.04 Å². The van der Waals surface area contributed by atoms with Gasteiger partial charge in [-0.1, -0.05) is 13.8 Å². The average Bonchev–Trinajstić information content (AvgIpc) is 2.24. The molecular weight excluding hydrogens is 268 g/mol. The van der Waals surface area contributed by atoms with Gasteiger partial charge in [-0.3, -0.25) is 4.98 Å². The van der Waals surface area contributed by atoms with Crippen LogP contribution in [0.2, 0.25) is 0 Å². The zero-order valence-electron chi connectivity index (χ0n) is 9.57. The molecule has 0 radical (unpaired) electrons. The smallest absolute Gasteiger partial charge is 0.0621 e. The van der Waals surface area contributed by atoms with E-state index < -0.39 is 0 Å². The SMILES string of the molecule is CC1(C)C(O)CC1NCc1cncc(Br)c1. The Morgan fingerprint density at radius 2 is 2.31 bits per heavy atom. The lowest BCUT2D eigenvalue weighted by molar-refractivity contribution is -0.0729. The first kappa shape index (κ1) is 12.0. The summed E-state index contributed by atoms with van der Waals surface area (Å²) >= 11 is 3.40. The molecule has 1 saturated carbocycles. The van der Waals surface area contributed by atoms with Gasteiger partial charge in [0.15, 0.2) is 0 Å². The van der Waals surface area contributed by atoms with Crippen molar-refractivity contribution in [2.24, 2.45) is 5.41 Å². The van der Waals surface area contributed by atoms with Crippen molar-refractivity contribution in [3.63, 3.8) is 0 Å². The van der Waals surface area contributed by atoms with Crippen molar-refractivity contribution in [3.8, 4) is 0 Å². The molecule has 0 aromatic carbocycles. The van der Waals surface area contributed by atoms with Crippen molar-refractivity contribution in [3.05, 3.63) is 28.5 Å². The third kappa shape index (κ3) is 2.29. The Balaban J connectivity index is 1.89. The largest absolute Gasteiger partial charge is 0.392 e. The van der Waals surface area contributed by atoms with Crippen LogP contribution in [0.5, 0.6) is 0 Å². The van der Waals surface area contributed by atoms with Crippen LogP contribution < -0.4 is 5.32 Å². The molecule has 0 bridgehead atoms. The molecule has 2 unspecified atom stereocenters. The first-order chi connectivity index (χ1) is 7.50. The van der Waals surface area contributed by atoms with E-state index in [1.165, 1.54) is 0 Å². The monoisotopic (exact) mass is 284 g/mol. The first-order valence-corrected chi connectivity index (χ1v) is 6.30. The number of aliphatic hydroxyl groups is 1. The Kier molecular flexibility index (Phi) is 3.33. The Morgan fingerprint density at radius 1 is 1.56 bits per heavy atom. The normalized spacial score (nSPS) is 27.5. The molecule has 0 amide bonds. The van der Waals surface area contributed by atoms with Gasteiger partial charge in [0.25, 0.3) is 0 Å². The Labute approximate surface area is 104 Å². The summed E-state index contributed by atoms with van der Waals surface area (Å²) in [5, 5.41) is 13.1. The number of hydrogen-bond donors (Lipinski definition) is 2. The van der Waals surface area contributed by atoms with Crippen LogP contribution in [0.1, 0.15) is 25.8 Å². The molecule has 2 N–H and O–H groups in total. The minimum Gasteiger partial charge on any atom is -0.392 e. The number of pyridine rings is 1. The van der Waals surface area contributed by atoms with Gasteiger partial charge < -0.3 is 10.4 Å². The summed E-state index contributed by atoms with van der Waals surface area (Å²) in [6.45, 7) is 4.99. The third-order valence-electron chi connectivity index (χ3n) is 3.53. The van der Waals surface area contributed by atoms with E-state index in [2.05, 4.69) is 46.1 Å². The second-order valence-electron chi connectivity index (χ2n) is 5.02. The number of aromatic nitrogens is 1. The Morgan fingerprint density at radius 3 is 2.88 bits per heavy atom. The van der Waals surface area contributed by atoms with Crippen LogP contribution in [-0.2, 0) is 6.54 Å². The zero-order chi connectivity index (χ0) is 11.8. The minimum atomic E-state index is -0.175. The van der Waals surface area contributed by atoms with Crippen molar-refractivity contribution in [2.75, 3.05) is 0 Å². The quantitative estimate of drug-likeness (QED) is 0.894.